The second kappa shape index (κ2) is 30.9. The van der Waals surface area contributed by atoms with Gasteiger partial charge in [0.2, 0.25) is 0 Å². The number of ether oxygens (including phenoxy) is 5. The van der Waals surface area contributed by atoms with E-state index in [4.69, 9.17) is 23.7 Å². The molecule has 0 bridgehead atoms. The molecule has 0 atom stereocenters. The van der Waals surface area contributed by atoms with Gasteiger partial charge < -0.3 is 29.0 Å². The van der Waals surface area contributed by atoms with Gasteiger partial charge in [-0.3, -0.25) is 4.79 Å². The Bertz CT molecular complexity index is 631. The fraction of sp³-hybridized carbons (Fsp3) is 0.844. The van der Waals surface area contributed by atoms with Gasteiger partial charge in [-0.2, -0.15) is 11.3 Å². The molecule has 1 amide bonds. The number of rotatable bonds is 32. The molecule has 1 aromatic heterocycles. The van der Waals surface area contributed by atoms with E-state index < -0.39 is 0 Å². The highest BCUT2D eigenvalue weighted by Crippen LogP contribution is 2.11. The molecule has 1 aromatic rings. The molecule has 0 fully saturated rings. The largest absolute Gasteiger partial charge is 0.379 e. The maximum atomic E-state index is 11.8. The lowest BCUT2D eigenvalue weighted by Crippen LogP contribution is -2.23. The summed E-state index contributed by atoms with van der Waals surface area (Å²) in [5.74, 6) is 0.0544. The molecule has 0 aromatic carbocycles. The molecule has 0 saturated carbocycles. The van der Waals surface area contributed by atoms with Crippen LogP contribution in [0.2, 0.25) is 0 Å². The van der Waals surface area contributed by atoms with Gasteiger partial charge >= 0.3 is 0 Å². The van der Waals surface area contributed by atoms with Crippen molar-refractivity contribution in [2.24, 2.45) is 0 Å². The van der Waals surface area contributed by atoms with Gasteiger partial charge in [-0.1, -0.05) is 84.0 Å². The number of carbonyl (C=O) groups excluding carboxylic acids is 1. The lowest BCUT2D eigenvalue weighted by Gasteiger charge is -2.08. The van der Waals surface area contributed by atoms with Crippen molar-refractivity contribution in [3.05, 3.63) is 22.4 Å². The van der Waals surface area contributed by atoms with Gasteiger partial charge in [0.05, 0.1) is 52.9 Å². The maximum absolute atomic E-state index is 11.8. The van der Waals surface area contributed by atoms with Crippen molar-refractivity contribution in [2.45, 2.75) is 103 Å². The molecular weight excluding hydrogens is 526 g/mol. The van der Waals surface area contributed by atoms with E-state index in [9.17, 15) is 4.79 Å². The Balaban J connectivity index is 1.63. The first kappa shape index (κ1) is 37.0. The van der Waals surface area contributed by atoms with Crippen LogP contribution < -0.4 is 5.32 Å². The van der Waals surface area contributed by atoms with Crippen molar-refractivity contribution in [3.63, 3.8) is 0 Å². The second-order valence-electron chi connectivity index (χ2n) is 10.3. The van der Waals surface area contributed by atoms with Crippen molar-refractivity contribution in [2.75, 3.05) is 72.6 Å². The summed E-state index contributed by atoms with van der Waals surface area (Å²) >= 11 is 1.56. The topological polar surface area (TPSA) is 75.2 Å². The van der Waals surface area contributed by atoms with Crippen molar-refractivity contribution < 1.29 is 28.5 Å². The van der Waals surface area contributed by atoms with Crippen LogP contribution in [0.5, 0.6) is 0 Å². The first-order valence-electron chi connectivity index (χ1n) is 16.0. The first-order chi connectivity index (χ1) is 19.8. The van der Waals surface area contributed by atoms with Crippen LogP contribution in [0.3, 0.4) is 0 Å². The summed E-state index contributed by atoms with van der Waals surface area (Å²) < 4.78 is 27.8. The lowest BCUT2D eigenvalue weighted by atomic mass is 10.1. The number of hydrogen-bond donors (Lipinski definition) is 1. The van der Waals surface area contributed by atoms with Crippen LogP contribution in [0.25, 0.3) is 0 Å². The van der Waals surface area contributed by atoms with Crippen LogP contribution in [0, 0.1) is 0 Å². The van der Waals surface area contributed by atoms with Crippen LogP contribution in [0.4, 0.5) is 0 Å². The van der Waals surface area contributed by atoms with Crippen LogP contribution in [-0.2, 0) is 23.7 Å². The predicted octanol–water partition coefficient (Wildman–Crippen LogP) is 7.43. The van der Waals surface area contributed by atoms with E-state index in [0.29, 0.717) is 52.9 Å². The molecule has 7 nitrogen and oxygen atoms in total. The average molecular weight is 586 g/mol. The monoisotopic (exact) mass is 585 g/mol. The molecule has 0 unspecified atom stereocenters. The van der Waals surface area contributed by atoms with E-state index in [0.717, 1.165) is 44.6 Å². The molecule has 0 radical (unpaired) electrons. The molecule has 1 rings (SSSR count). The Labute approximate surface area is 249 Å². The lowest BCUT2D eigenvalue weighted by molar-refractivity contribution is -0.0114. The Hall–Kier alpha value is -1.03. The summed E-state index contributed by atoms with van der Waals surface area (Å²) in [5.41, 5.74) is 0.778. The van der Waals surface area contributed by atoms with Gasteiger partial charge in [-0.25, -0.2) is 0 Å². The number of unbranched alkanes of at least 4 members (excludes halogenated alkanes) is 13. The fourth-order valence-corrected chi connectivity index (χ4v) is 4.87. The third-order valence-corrected chi connectivity index (χ3v) is 7.35. The number of thiophene rings is 1. The fourth-order valence-electron chi connectivity index (χ4n) is 4.23. The van der Waals surface area contributed by atoms with Crippen LogP contribution in [0.15, 0.2) is 16.8 Å². The minimum Gasteiger partial charge on any atom is -0.379 e. The van der Waals surface area contributed by atoms with Gasteiger partial charge in [0.15, 0.2) is 0 Å². The maximum Gasteiger partial charge on any atom is 0.252 e. The SMILES string of the molecule is CCCCCCCOCCOCCOCCOCCOCCCCCCCCCCCCNC(=O)c1ccsc1. The summed E-state index contributed by atoms with van der Waals surface area (Å²) in [5, 5.41) is 6.83. The van der Waals surface area contributed by atoms with E-state index in [1.165, 1.54) is 77.0 Å². The molecule has 0 spiro atoms. The molecule has 0 aliphatic carbocycles. The Morgan fingerprint density at radius 3 is 1.40 bits per heavy atom. The van der Waals surface area contributed by atoms with Gasteiger partial charge in [0.25, 0.3) is 5.91 Å². The predicted molar refractivity (Wildman–Crippen MR) is 166 cm³/mol. The molecule has 0 saturated heterocycles. The van der Waals surface area contributed by atoms with Gasteiger partial charge in [-0.15, -0.1) is 0 Å². The van der Waals surface area contributed by atoms with Crippen LogP contribution >= 0.6 is 11.3 Å². The molecule has 0 aliphatic heterocycles. The zero-order chi connectivity index (χ0) is 28.6. The number of nitrogens with one attached hydrogen (secondary N) is 1. The Morgan fingerprint density at radius 1 is 0.575 bits per heavy atom. The average Bonchev–Trinajstić information content (AvgIpc) is 3.51. The van der Waals surface area contributed by atoms with Crippen molar-refractivity contribution in [3.8, 4) is 0 Å². The Kier molecular flexibility index (Phi) is 28.6. The summed E-state index contributed by atoms with van der Waals surface area (Å²) in [6.07, 6.45) is 18.8. The number of amides is 1. The first-order valence-corrected chi connectivity index (χ1v) is 17.0. The number of carbonyl (C=O) groups is 1. The van der Waals surface area contributed by atoms with E-state index >= 15 is 0 Å². The van der Waals surface area contributed by atoms with Crippen molar-refractivity contribution in [1.82, 2.24) is 5.32 Å². The Morgan fingerprint density at radius 2 is 0.975 bits per heavy atom. The summed E-state index contributed by atoms with van der Waals surface area (Å²) in [6, 6.07) is 1.87. The molecular formula is C32H59NO6S. The highest BCUT2D eigenvalue weighted by Gasteiger charge is 2.03. The summed E-state index contributed by atoms with van der Waals surface area (Å²) in [6.45, 7) is 9.62. The molecule has 40 heavy (non-hydrogen) atoms. The molecule has 1 N–H and O–H groups in total. The van der Waals surface area contributed by atoms with E-state index in [2.05, 4.69) is 12.2 Å². The van der Waals surface area contributed by atoms with Crippen molar-refractivity contribution in [1.29, 1.82) is 0 Å². The second-order valence-corrected chi connectivity index (χ2v) is 11.1. The number of hydrogen-bond acceptors (Lipinski definition) is 7. The van der Waals surface area contributed by atoms with Gasteiger partial charge in [-0.05, 0) is 30.7 Å². The normalized spacial score (nSPS) is 11.3. The third-order valence-electron chi connectivity index (χ3n) is 6.66. The highest BCUT2D eigenvalue weighted by atomic mass is 32.1. The highest BCUT2D eigenvalue weighted by molar-refractivity contribution is 7.08. The van der Waals surface area contributed by atoms with E-state index in [1.54, 1.807) is 11.3 Å². The molecule has 0 aliphatic rings. The molecule has 8 heteroatoms. The summed E-state index contributed by atoms with van der Waals surface area (Å²) in [4.78, 5) is 11.8. The van der Waals surface area contributed by atoms with E-state index in [-0.39, 0.29) is 5.91 Å². The van der Waals surface area contributed by atoms with Gasteiger partial charge in [0, 0.05) is 30.7 Å². The van der Waals surface area contributed by atoms with Gasteiger partial charge in [0.1, 0.15) is 0 Å². The third kappa shape index (κ3) is 25.9. The standard InChI is InChI=1S/C32H59NO6S/c1-2-3-4-12-15-19-35-21-23-37-25-27-39-28-26-38-24-22-36-20-16-13-10-8-6-5-7-9-11-14-18-33-32(34)31-17-29-40-30-31/h17,29-30H,2-16,18-28H2,1H3,(H,33,34). The van der Waals surface area contributed by atoms with E-state index in [1.807, 2.05) is 16.8 Å². The zero-order valence-corrected chi connectivity index (χ0v) is 26.3. The minimum absolute atomic E-state index is 0.0544. The van der Waals surface area contributed by atoms with Crippen molar-refractivity contribution >= 4 is 17.2 Å². The molecule has 1 heterocycles. The smallest absolute Gasteiger partial charge is 0.252 e. The quantitative estimate of drug-likeness (QED) is 0.0886. The zero-order valence-electron chi connectivity index (χ0n) is 25.5. The van der Waals surface area contributed by atoms with Crippen LogP contribution in [-0.4, -0.2) is 78.5 Å². The van der Waals surface area contributed by atoms with Crippen LogP contribution in [0.1, 0.15) is 114 Å². The minimum atomic E-state index is 0.0544. The molecule has 234 valence electrons. The summed E-state index contributed by atoms with van der Waals surface area (Å²) in [7, 11) is 0.